The van der Waals surface area contributed by atoms with Crippen LogP contribution in [0.5, 0.6) is 0 Å². The largest absolute Gasteiger partial charge is 0.368 e. The second-order valence-corrected chi connectivity index (χ2v) is 6.55. The van der Waals surface area contributed by atoms with E-state index in [1.54, 1.807) is 0 Å². The van der Waals surface area contributed by atoms with Crippen LogP contribution in [-0.2, 0) is 0 Å². The Kier molecular flexibility index (Phi) is 4.70. The molecule has 0 aromatic heterocycles. The van der Waals surface area contributed by atoms with E-state index in [0.717, 1.165) is 13.1 Å². The lowest BCUT2D eigenvalue weighted by Crippen LogP contribution is -2.22. The molecule has 0 heterocycles. The lowest BCUT2D eigenvalue weighted by Gasteiger charge is -2.23. The van der Waals surface area contributed by atoms with Crippen molar-refractivity contribution in [2.45, 2.75) is 6.92 Å². The van der Waals surface area contributed by atoms with Crippen LogP contribution < -0.4 is 4.90 Å². The number of anilines is 1. The summed E-state index contributed by atoms with van der Waals surface area (Å²) < 4.78 is 0. The molecule has 0 fully saturated rings. The molecule has 0 unspecified atom stereocenters. The third kappa shape index (κ3) is 3.34. The Labute approximate surface area is 155 Å². The Morgan fingerprint density at radius 2 is 1.42 bits per heavy atom. The van der Waals surface area contributed by atoms with Crippen molar-refractivity contribution in [1.82, 2.24) is 0 Å². The predicted octanol–water partition coefficient (Wildman–Crippen LogP) is 6.53. The first-order valence-corrected chi connectivity index (χ1v) is 9.23. The molecule has 0 bridgehead atoms. The Morgan fingerprint density at radius 3 is 2.19 bits per heavy atom. The summed E-state index contributed by atoms with van der Waals surface area (Å²) in [4.78, 5) is 2.43. The zero-order valence-electron chi connectivity index (χ0n) is 15.1. The number of nitrogens with zero attached hydrogens (tertiary/aromatic N) is 1. The van der Waals surface area contributed by atoms with E-state index in [9.17, 15) is 0 Å². The first-order chi connectivity index (χ1) is 12.8. The van der Waals surface area contributed by atoms with Crippen molar-refractivity contribution in [3.05, 3.63) is 96.6 Å². The monoisotopic (exact) mass is 337 g/mol. The van der Waals surface area contributed by atoms with Gasteiger partial charge in [-0.1, -0.05) is 78.9 Å². The molecule has 4 rings (SSSR count). The van der Waals surface area contributed by atoms with Crippen LogP contribution in [0.1, 0.15) is 12.5 Å². The van der Waals surface area contributed by atoms with Gasteiger partial charge >= 0.3 is 0 Å². The highest BCUT2D eigenvalue weighted by atomic mass is 15.1. The van der Waals surface area contributed by atoms with Gasteiger partial charge in [0.1, 0.15) is 0 Å². The lowest BCUT2D eigenvalue weighted by molar-refractivity contribution is 0.912. The normalized spacial score (nSPS) is 11.4. The minimum absolute atomic E-state index is 0.900. The minimum Gasteiger partial charge on any atom is -0.368 e. The molecule has 0 atom stereocenters. The highest BCUT2D eigenvalue weighted by Crippen LogP contribution is 2.30. The fourth-order valence-corrected chi connectivity index (χ4v) is 3.50. The van der Waals surface area contributed by atoms with Gasteiger partial charge in [0, 0.05) is 24.2 Å². The number of rotatable bonds is 5. The van der Waals surface area contributed by atoms with E-state index in [0.29, 0.717) is 0 Å². The molecule has 0 spiro atoms. The summed E-state index contributed by atoms with van der Waals surface area (Å²) in [6.07, 6.45) is 4.45. The number of benzene rings is 4. The second kappa shape index (κ2) is 7.45. The Hall–Kier alpha value is -3.06. The first kappa shape index (κ1) is 16.4. The second-order valence-electron chi connectivity index (χ2n) is 6.55. The molecule has 0 saturated carbocycles. The van der Waals surface area contributed by atoms with E-state index in [2.05, 4.69) is 109 Å². The van der Waals surface area contributed by atoms with Crippen LogP contribution in [0.15, 0.2) is 91.0 Å². The van der Waals surface area contributed by atoms with Gasteiger partial charge in [-0.05, 0) is 46.8 Å². The van der Waals surface area contributed by atoms with Crippen molar-refractivity contribution in [1.29, 1.82) is 0 Å². The molecule has 0 N–H and O–H groups in total. The molecule has 1 nitrogen and oxygen atoms in total. The smallest absolute Gasteiger partial charge is 0.0448 e. The van der Waals surface area contributed by atoms with E-state index < -0.39 is 0 Å². The van der Waals surface area contributed by atoms with Gasteiger partial charge in [0.15, 0.2) is 0 Å². The highest BCUT2D eigenvalue weighted by Gasteiger charge is 2.08. The van der Waals surface area contributed by atoms with Crippen LogP contribution in [0.3, 0.4) is 0 Å². The fourth-order valence-electron chi connectivity index (χ4n) is 3.50. The maximum Gasteiger partial charge on any atom is 0.0448 e. The van der Waals surface area contributed by atoms with Gasteiger partial charge in [0.25, 0.3) is 0 Å². The maximum absolute atomic E-state index is 2.43. The quantitative estimate of drug-likeness (QED) is 0.374. The summed E-state index contributed by atoms with van der Waals surface area (Å²) in [7, 11) is 0. The van der Waals surface area contributed by atoms with Crippen LogP contribution in [-0.4, -0.2) is 13.1 Å². The topological polar surface area (TPSA) is 3.24 Å². The fraction of sp³-hybridized carbons (Fsp3) is 0.120. The maximum atomic E-state index is 2.43. The molecular weight excluding hydrogens is 314 g/mol. The Balaban J connectivity index is 1.69. The van der Waals surface area contributed by atoms with Gasteiger partial charge in [-0.3, -0.25) is 0 Å². The molecule has 0 aliphatic carbocycles. The van der Waals surface area contributed by atoms with Gasteiger partial charge in [-0.25, -0.2) is 0 Å². The van der Waals surface area contributed by atoms with Crippen molar-refractivity contribution in [2.24, 2.45) is 0 Å². The molecule has 1 heteroatoms. The zero-order chi connectivity index (χ0) is 17.8. The SMILES string of the molecule is CCN(CC=Cc1ccccc1)c1cccc2cc3ccccc3cc12. The molecule has 0 amide bonds. The standard InChI is InChI=1S/C25H23N/c1-2-26(17-9-12-20-10-4-3-5-11-20)25-16-8-15-23-18-21-13-6-7-14-22(21)19-24(23)25/h3-16,18-19H,2,17H2,1H3. The Morgan fingerprint density at radius 1 is 0.731 bits per heavy atom. The van der Waals surface area contributed by atoms with Crippen molar-refractivity contribution >= 4 is 33.3 Å². The lowest BCUT2D eigenvalue weighted by atomic mass is 10.0. The zero-order valence-corrected chi connectivity index (χ0v) is 15.1. The number of likely N-dealkylation sites (N-methyl/N-ethyl adjacent to an activating group) is 1. The van der Waals surface area contributed by atoms with Gasteiger partial charge in [0.05, 0.1) is 0 Å². The summed E-state index contributed by atoms with van der Waals surface area (Å²) in [5, 5.41) is 5.21. The molecule has 0 saturated heterocycles. The predicted molar refractivity (Wildman–Crippen MR) is 115 cm³/mol. The van der Waals surface area contributed by atoms with Gasteiger partial charge < -0.3 is 4.90 Å². The Bertz CT molecular complexity index is 1050. The molecule has 4 aromatic rings. The molecule has 26 heavy (non-hydrogen) atoms. The molecular formula is C25H23N. The van der Waals surface area contributed by atoms with Crippen LogP contribution in [0.4, 0.5) is 5.69 Å². The average molecular weight is 337 g/mol. The molecule has 128 valence electrons. The van der Waals surface area contributed by atoms with Crippen LogP contribution in [0.2, 0.25) is 0 Å². The van der Waals surface area contributed by atoms with Crippen molar-refractivity contribution in [3.63, 3.8) is 0 Å². The summed E-state index contributed by atoms with van der Waals surface area (Å²) in [5.41, 5.74) is 2.54. The summed E-state index contributed by atoms with van der Waals surface area (Å²) >= 11 is 0. The molecule has 0 aliphatic rings. The highest BCUT2D eigenvalue weighted by molar-refractivity contribution is 6.03. The van der Waals surface area contributed by atoms with Gasteiger partial charge in [-0.2, -0.15) is 0 Å². The minimum atomic E-state index is 0.900. The number of hydrogen-bond donors (Lipinski definition) is 0. The van der Waals surface area contributed by atoms with E-state index in [4.69, 9.17) is 0 Å². The number of hydrogen-bond acceptors (Lipinski definition) is 1. The summed E-state index contributed by atoms with van der Waals surface area (Å²) in [5.74, 6) is 0. The van der Waals surface area contributed by atoms with E-state index >= 15 is 0 Å². The van der Waals surface area contributed by atoms with Crippen molar-refractivity contribution in [2.75, 3.05) is 18.0 Å². The third-order valence-electron chi connectivity index (χ3n) is 4.88. The van der Waals surface area contributed by atoms with Crippen molar-refractivity contribution < 1.29 is 0 Å². The van der Waals surface area contributed by atoms with Crippen LogP contribution in [0.25, 0.3) is 27.6 Å². The molecule has 4 aromatic carbocycles. The molecule has 0 radical (unpaired) electrons. The summed E-state index contributed by atoms with van der Waals surface area (Å²) in [6.45, 7) is 4.10. The van der Waals surface area contributed by atoms with Crippen LogP contribution >= 0.6 is 0 Å². The summed E-state index contributed by atoms with van der Waals surface area (Å²) in [6, 6.07) is 30.3. The van der Waals surface area contributed by atoms with Gasteiger partial charge in [0.2, 0.25) is 0 Å². The number of fused-ring (bicyclic) bond motifs is 2. The van der Waals surface area contributed by atoms with E-state index in [1.807, 2.05) is 0 Å². The average Bonchev–Trinajstić information content (AvgIpc) is 2.70. The first-order valence-electron chi connectivity index (χ1n) is 9.23. The van der Waals surface area contributed by atoms with E-state index in [-0.39, 0.29) is 0 Å². The van der Waals surface area contributed by atoms with Crippen molar-refractivity contribution in [3.8, 4) is 0 Å². The third-order valence-corrected chi connectivity index (χ3v) is 4.88. The van der Waals surface area contributed by atoms with E-state index in [1.165, 1.54) is 32.8 Å². The van der Waals surface area contributed by atoms with Crippen LogP contribution in [0, 0.1) is 0 Å². The molecule has 0 aliphatic heterocycles. The van der Waals surface area contributed by atoms with Gasteiger partial charge in [-0.15, -0.1) is 0 Å².